The monoisotopic (exact) mass is 492 g/mol. The second-order valence-corrected chi connectivity index (χ2v) is 9.93. The summed E-state index contributed by atoms with van der Waals surface area (Å²) < 4.78 is 2.20. The van der Waals surface area contributed by atoms with Crippen molar-refractivity contribution < 1.29 is 4.79 Å². The lowest BCUT2D eigenvalue weighted by Crippen LogP contribution is -2.22. The third kappa shape index (κ3) is 5.66. The van der Waals surface area contributed by atoms with Crippen molar-refractivity contribution in [3.05, 3.63) is 125 Å². The van der Waals surface area contributed by atoms with Gasteiger partial charge in [0.25, 0.3) is 5.91 Å². The van der Waals surface area contributed by atoms with E-state index in [0.717, 1.165) is 33.1 Å². The normalized spacial score (nSPS) is 11.1. The standard InChI is InChI=1S/C30H28N4OS/c1-21-3-7-23(8-4-21)17-32-29(35)26-13-11-24(12-14-26)19-34-28-18-31-16-15-27(28)33-30(34)36-20-25-9-5-22(2)6-10-25/h3-16,18H,17,19-20H2,1-2H3,(H,32,35). The van der Waals surface area contributed by atoms with E-state index in [0.29, 0.717) is 18.7 Å². The fourth-order valence-electron chi connectivity index (χ4n) is 3.98. The molecule has 0 bridgehead atoms. The molecule has 0 saturated carbocycles. The Balaban J connectivity index is 1.29. The number of hydrogen-bond acceptors (Lipinski definition) is 4. The Morgan fingerprint density at radius 3 is 2.17 bits per heavy atom. The van der Waals surface area contributed by atoms with Gasteiger partial charge in [0.1, 0.15) is 0 Å². The number of nitrogens with one attached hydrogen (secondary N) is 1. The maximum atomic E-state index is 12.6. The molecular weight excluding hydrogens is 464 g/mol. The van der Waals surface area contributed by atoms with Crippen LogP contribution in [-0.4, -0.2) is 20.4 Å². The van der Waals surface area contributed by atoms with Crippen LogP contribution < -0.4 is 5.32 Å². The zero-order valence-corrected chi connectivity index (χ0v) is 21.3. The predicted molar refractivity (Wildman–Crippen MR) is 146 cm³/mol. The van der Waals surface area contributed by atoms with Crippen LogP contribution in [0.1, 0.15) is 38.2 Å². The smallest absolute Gasteiger partial charge is 0.251 e. The van der Waals surface area contributed by atoms with Gasteiger partial charge in [-0.2, -0.15) is 0 Å². The van der Waals surface area contributed by atoms with Crippen molar-refractivity contribution in [1.29, 1.82) is 0 Å². The molecule has 3 aromatic carbocycles. The van der Waals surface area contributed by atoms with Crippen LogP contribution in [0.4, 0.5) is 0 Å². The molecule has 2 heterocycles. The van der Waals surface area contributed by atoms with E-state index < -0.39 is 0 Å². The molecule has 1 N–H and O–H groups in total. The Kier molecular flexibility index (Phi) is 7.14. The van der Waals surface area contributed by atoms with Gasteiger partial charge in [-0.15, -0.1) is 0 Å². The van der Waals surface area contributed by atoms with E-state index in [1.807, 2.05) is 48.7 Å². The Labute approximate surface area is 215 Å². The zero-order chi connectivity index (χ0) is 24.9. The van der Waals surface area contributed by atoms with Crippen molar-refractivity contribution in [2.45, 2.75) is 37.8 Å². The minimum absolute atomic E-state index is 0.0752. The molecule has 5 nitrogen and oxygen atoms in total. The van der Waals surface area contributed by atoms with Crippen molar-refractivity contribution in [3.63, 3.8) is 0 Å². The van der Waals surface area contributed by atoms with Gasteiger partial charge < -0.3 is 9.88 Å². The first-order valence-electron chi connectivity index (χ1n) is 12.0. The van der Waals surface area contributed by atoms with Crippen LogP contribution in [0.25, 0.3) is 11.0 Å². The lowest BCUT2D eigenvalue weighted by molar-refractivity contribution is 0.0951. The van der Waals surface area contributed by atoms with Gasteiger partial charge in [0.05, 0.1) is 23.8 Å². The molecule has 0 radical (unpaired) electrons. The van der Waals surface area contributed by atoms with Crippen LogP contribution >= 0.6 is 11.8 Å². The molecule has 6 heteroatoms. The molecule has 5 rings (SSSR count). The van der Waals surface area contributed by atoms with E-state index in [1.165, 1.54) is 16.7 Å². The fraction of sp³-hybridized carbons (Fsp3) is 0.167. The number of hydrogen-bond donors (Lipinski definition) is 1. The number of aryl methyl sites for hydroxylation is 2. The van der Waals surface area contributed by atoms with E-state index in [4.69, 9.17) is 4.98 Å². The summed E-state index contributed by atoms with van der Waals surface area (Å²) in [6, 6.07) is 26.5. The quantitative estimate of drug-likeness (QED) is 0.258. The van der Waals surface area contributed by atoms with Gasteiger partial charge >= 0.3 is 0 Å². The second-order valence-electron chi connectivity index (χ2n) is 8.98. The Hall–Kier alpha value is -3.90. The van der Waals surface area contributed by atoms with Crippen LogP contribution in [0.3, 0.4) is 0 Å². The highest BCUT2D eigenvalue weighted by Crippen LogP contribution is 2.27. The minimum atomic E-state index is -0.0752. The van der Waals surface area contributed by atoms with Crippen LogP contribution in [0.2, 0.25) is 0 Å². The summed E-state index contributed by atoms with van der Waals surface area (Å²) in [7, 11) is 0. The number of fused-ring (bicyclic) bond motifs is 1. The number of imidazole rings is 1. The Morgan fingerprint density at radius 2 is 1.47 bits per heavy atom. The number of carbonyl (C=O) groups is 1. The lowest BCUT2D eigenvalue weighted by Gasteiger charge is -2.10. The van der Waals surface area contributed by atoms with Gasteiger partial charge in [-0.05, 0) is 48.7 Å². The Bertz CT molecular complexity index is 1470. The molecule has 0 saturated heterocycles. The average Bonchev–Trinajstić information content (AvgIpc) is 3.25. The summed E-state index contributed by atoms with van der Waals surface area (Å²) in [5.41, 5.74) is 8.51. The topological polar surface area (TPSA) is 59.8 Å². The molecular formula is C30H28N4OS. The maximum absolute atomic E-state index is 12.6. The minimum Gasteiger partial charge on any atom is -0.348 e. The van der Waals surface area contributed by atoms with Gasteiger partial charge in [-0.1, -0.05) is 83.6 Å². The van der Waals surface area contributed by atoms with Gasteiger partial charge in [-0.3, -0.25) is 9.78 Å². The summed E-state index contributed by atoms with van der Waals surface area (Å²) in [4.78, 5) is 21.8. The molecule has 0 aliphatic heterocycles. The van der Waals surface area contributed by atoms with Crippen LogP contribution in [-0.2, 0) is 18.8 Å². The third-order valence-electron chi connectivity index (χ3n) is 6.13. The number of benzene rings is 3. The first-order valence-corrected chi connectivity index (χ1v) is 12.9. The van der Waals surface area contributed by atoms with Crippen LogP contribution in [0.15, 0.2) is 96.4 Å². The van der Waals surface area contributed by atoms with E-state index in [9.17, 15) is 4.79 Å². The molecule has 36 heavy (non-hydrogen) atoms. The molecule has 0 aliphatic carbocycles. The number of thioether (sulfide) groups is 1. The van der Waals surface area contributed by atoms with Crippen molar-refractivity contribution in [1.82, 2.24) is 19.9 Å². The highest BCUT2D eigenvalue weighted by Gasteiger charge is 2.13. The Morgan fingerprint density at radius 1 is 0.833 bits per heavy atom. The first-order chi connectivity index (χ1) is 17.5. The molecule has 0 atom stereocenters. The fourth-order valence-corrected chi connectivity index (χ4v) is 4.95. The second kappa shape index (κ2) is 10.8. The molecule has 0 spiro atoms. The van der Waals surface area contributed by atoms with Gasteiger partial charge in [0.15, 0.2) is 5.16 Å². The number of pyridine rings is 1. The van der Waals surface area contributed by atoms with E-state index in [-0.39, 0.29) is 5.91 Å². The number of aromatic nitrogens is 3. The molecule has 180 valence electrons. The molecule has 0 aliphatic rings. The van der Waals surface area contributed by atoms with E-state index in [1.54, 1.807) is 18.0 Å². The zero-order valence-electron chi connectivity index (χ0n) is 20.4. The van der Waals surface area contributed by atoms with Gasteiger partial charge in [-0.25, -0.2) is 4.98 Å². The van der Waals surface area contributed by atoms with Gasteiger partial charge in [0.2, 0.25) is 0 Å². The summed E-state index contributed by atoms with van der Waals surface area (Å²) >= 11 is 1.72. The summed E-state index contributed by atoms with van der Waals surface area (Å²) in [5, 5.41) is 3.96. The van der Waals surface area contributed by atoms with Crippen molar-refractivity contribution >= 4 is 28.7 Å². The van der Waals surface area contributed by atoms with Crippen molar-refractivity contribution in [2.75, 3.05) is 0 Å². The van der Waals surface area contributed by atoms with Crippen molar-refractivity contribution in [2.24, 2.45) is 0 Å². The number of nitrogens with zero attached hydrogens (tertiary/aromatic N) is 3. The third-order valence-corrected chi connectivity index (χ3v) is 7.18. The largest absolute Gasteiger partial charge is 0.348 e. The summed E-state index contributed by atoms with van der Waals surface area (Å²) in [6.45, 7) is 5.32. The molecule has 1 amide bonds. The van der Waals surface area contributed by atoms with E-state index in [2.05, 4.69) is 65.1 Å². The first kappa shape index (κ1) is 23.8. The average molecular weight is 493 g/mol. The van der Waals surface area contributed by atoms with Crippen LogP contribution in [0, 0.1) is 13.8 Å². The molecule has 5 aromatic rings. The number of carbonyl (C=O) groups excluding carboxylic acids is 1. The SMILES string of the molecule is Cc1ccc(CNC(=O)c2ccc(Cn3c(SCc4ccc(C)cc4)nc4ccncc43)cc2)cc1. The predicted octanol–water partition coefficient (Wildman–Crippen LogP) is 6.32. The number of rotatable bonds is 8. The summed E-state index contributed by atoms with van der Waals surface area (Å²) in [6.07, 6.45) is 3.64. The molecule has 0 unspecified atom stereocenters. The maximum Gasteiger partial charge on any atom is 0.251 e. The number of amides is 1. The highest BCUT2D eigenvalue weighted by atomic mass is 32.2. The van der Waals surface area contributed by atoms with E-state index >= 15 is 0 Å². The molecule has 2 aromatic heterocycles. The van der Waals surface area contributed by atoms with Crippen LogP contribution in [0.5, 0.6) is 0 Å². The highest BCUT2D eigenvalue weighted by molar-refractivity contribution is 7.98. The summed E-state index contributed by atoms with van der Waals surface area (Å²) in [5.74, 6) is 0.769. The lowest BCUT2D eigenvalue weighted by atomic mass is 10.1. The van der Waals surface area contributed by atoms with Crippen molar-refractivity contribution in [3.8, 4) is 0 Å². The van der Waals surface area contributed by atoms with Gasteiger partial charge in [0, 0.05) is 24.1 Å². The molecule has 0 fully saturated rings.